The predicted octanol–water partition coefficient (Wildman–Crippen LogP) is 7.19. The van der Waals surface area contributed by atoms with E-state index in [0.717, 1.165) is 32.8 Å². The Kier molecular flexibility index (Phi) is 10.0. The highest BCUT2D eigenvalue weighted by molar-refractivity contribution is 9.10. The first-order valence-corrected chi connectivity index (χ1v) is 14.2. The van der Waals surface area contributed by atoms with E-state index in [0.29, 0.717) is 17.2 Å². The molecule has 0 aliphatic carbocycles. The molecule has 0 fully saturated rings. The van der Waals surface area contributed by atoms with E-state index in [2.05, 4.69) is 21.2 Å². The van der Waals surface area contributed by atoms with Gasteiger partial charge in [-0.1, -0.05) is 91.3 Å². The molecule has 0 unspecified atom stereocenters. The molecule has 0 aliphatic heterocycles. The molecule has 7 heteroatoms. The first-order chi connectivity index (χ1) is 18.9. The summed E-state index contributed by atoms with van der Waals surface area (Å²) >= 11 is 9.74. The highest BCUT2D eigenvalue weighted by Gasteiger charge is 2.31. The first kappa shape index (κ1) is 28.7. The number of rotatable bonds is 11. The largest absolute Gasteiger partial charge is 0.483 e. The quantitative estimate of drug-likeness (QED) is 0.196. The summed E-state index contributed by atoms with van der Waals surface area (Å²) in [6, 6.07) is 28.1. The van der Waals surface area contributed by atoms with Crippen LogP contribution in [0.5, 0.6) is 5.75 Å². The number of hydrogen-bond donors (Lipinski definition) is 1. The summed E-state index contributed by atoms with van der Waals surface area (Å²) in [5, 5.41) is 5.75. The molecule has 39 heavy (non-hydrogen) atoms. The second kappa shape index (κ2) is 13.6. The molecule has 4 rings (SSSR count). The van der Waals surface area contributed by atoms with E-state index in [9.17, 15) is 9.59 Å². The van der Waals surface area contributed by atoms with Gasteiger partial charge in [0.1, 0.15) is 11.8 Å². The third-order valence-corrected chi connectivity index (χ3v) is 7.79. The molecule has 2 amide bonds. The summed E-state index contributed by atoms with van der Waals surface area (Å²) in [6.07, 6.45) is 1.16. The van der Waals surface area contributed by atoms with E-state index in [1.165, 1.54) is 0 Å². The SMILES string of the molecule is CC[C@H](C)NC(=O)[C@H](Cc1ccccc1)N(Cc1ccc(Cl)cc1)C(=O)COc1ccc2ccccc2c1Br. The standard InChI is InChI=1S/C32H32BrClN2O3/c1-3-22(2)35-32(38)28(19-23-9-5-4-6-10-23)36(20-24-13-16-26(34)17-14-24)30(37)21-39-29-18-15-25-11-7-8-12-27(25)31(29)33/h4-18,22,28H,3,19-21H2,1-2H3,(H,35,38)/t22-,28-/m0/s1. The van der Waals surface area contributed by atoms with Gasteiger partial charge in [0.15, 0.2) is 6.61 Å². The topological polar surface area (TPSA) is 58.6 Å². The molecule has 0 saturated heterocycles. The van der Waals surface area contributed by atoms with E-state index in [1.54, 1.807) is 17.0 Å². The van der Waals surface area contributed by atoms with Crippen LogP contribution in [0.4, 0.5) is 0 Å². The van der Waals surface area contributed by atoms with Crippen LogP contribution in [0.15, 0.2) is 95.5 Å². The Balaban J connectivity index is 1.64. The van der Waals surface area contributed by atoms with E-state index >= 15 is 0 Å². The molecule has 0 radical (unpaired) electrons. The average Bonchev–Trinajstić information content (AvgIpc) is 2.96. The van der Waals surface area contributed by atoms with Crippen LogP contribution in [-0.2, 0) is 22.6 Å². The van der Waals surface area contributed by atoms with Crippen molar-refractivity contribution in [1.29, 1.82) is 0 Å². The molecule has 4 aromatic rings. The number of hydrogen-bond acceptors (Lipinski definition) is 3. The van der Waals surface area contributed by atoms with Gasteiger partial charge >= 0.3 is 0 Å². The molecule has 0 saturated carbocycles. The van der Waals surface area contributed by atoms with Gasteiger partial charge in [0.05, 0.1) is 4.47 Å². The molecule has 5 nitrogen and oxygen atoms in total. The number of fused-ring (bicyclic) bond motifs is 1. The Hall–Kier alpha value is -3.35. The molecule has 0 bridgehead atoms. The van der Waals surface area contributed by atoms with Gasteiger partial charge in [0, 0.05) is 24.0 Å². The summed E-state index contributed by atoms with van der Waals surface area (Å²) < 4.78 is 6.82. The molecule has 202 valence electrons. The Labute approximate surface area is 243 Å². The van der Waals surface area contributed by atoms with Crippen LogP contribution >= 0.6 is 27.5 Å². The van der Waals surface area contributed by atoms with Crippen LogP contribution in [0.3, 0.4) is 0 Å². The van der Waals surface area contributed by atoms with Gasteiger partial charge in [-0.05, 0) is 69.4 Å². The monoisotopic (exact) mass is 606 g/mol. The van der Waals surface area contributed by atoms with E-state index in [4.69, 9.17) is 16.3 Å². The van der Waals surface area contributed by atoms with Crippen molar-refractivity contribution in [2.24, 2.45) is 0 Å². The normalized spacial score (nSPS) is 12.5. The van der Waals surface area contributed by atoms with Crippen molar-refractivity contribution in [2.75, 3.05) is 6.61 Å². The van der Waals surface area contributed by atoms with Crippen LogP contribution in [0.1, 0.15) is 31.4 Å². The second-order valence-corrected chi connectivity index (χ2v) is 10.8. The number of halogens is 2. The fourth-order valence-electron chi connectivity index (χ4n) is 4.33. The van der Waals surface area contributed by atoms with Crippen molar-refractivity contribution in [3.8, 4) is 5.75 Å². The maximum absolute atomic E-state index is 13.8. The number of carbonyl (C=O) groups excluding carboxylic acids is 2. The summed E-state index contributed by atoms with van der Waals surface area (Å²) in [5.74, 6) is 0.0878. The minimum Gasteiger partial charge on any atom is -0.483 e. The van der Waals surface area contributed by atoms with Crippen molar-refractivity contribution in [3.63, 3.8) is 0 Å². The Morgan fingerprint density at radius 1 is 0.923 bits per heavy atom. The third-order valence-electron chi connectivity index (χ3n) is 6.72. The van der Waals surface area contributed by atoms with Gasteiger partial charge in [0.25, 0.3) is 5.91 Å². The molecule has 0 aromatic heterocycles. The van der Waals surface area contributed by atoms with Crippen molar-refractivity contribution in [1.82, 2.24) is 10.2 Å². The zero-order valence-corrected chi connectivity index (χ0v) is 24.4. The van der Waals surface area contributed by atoms with E-state index < -0.39 is 6.04 Å². The number of amides is 2. The van der Waals surface area contributed by atoms with Crippen molar-refractivity contribution in [3.05, 3.63) is 112 Å². The molecule has 1 N–H and O–H groups in total. The van der Waals surface area contributed by atoms with Gasteiger partial charge < -0.3 is 15.0 Å². The number of benzene rings is 4. The molecular weight excluding hydrogens is 576 g/mol. The maximum atomic E-state index is 13.8. The highest BCUT2D eigenvalue weighted by atomic mass is 79.9. The zero-order chi connectivity index (χ0) is 27.8. The van der Waals surface area contributed by atoms with Crippen LogP contribution < -0.4 is 10.1 Å². The lowest BCUT2D eigenvalue weighted by atomic mass is 10.0. The maximum Gasteiger partial charge on any atom is 0.261 e. The lowest BCUT2D eigenvalue weighted by Gasteiger charge is -2.32. The third kappa shape index (κ3) is 7.61. The summed E-state index contributed by atoms with van der Waals surface area (Å²) in [5.41, 5.74) is 1.84. The number of ether oxygens (including phenoxy) is 1. The molecular formula is C32H32BrClN2O3. The van der Waals surface area contributed by atoms with Crippen molar-refractivity contribution < 1.29 is 14.3 Å². The van der Waals surface area contributed by atoms with Crippen LogP contribution in [0, 0.1) is 0 Å². The summed E-state index contributed by atoms with van der Waals surface area (Å²) in [4.78, 5) is 29.1. The van der Waals surface area contributed by atoms with Crippen molar-refractivity contribution in [2.45, 2.75) is 45.3 Å². The molecule has 0 heterocycles. The molecule has 4 aromatic carbocycles. The zero-order valence-electron chi connectivity index (χ0n) is 22.1. The van der Waals surface area contributed by atoms with Crippen molar-refractivity contribution >= 4 is 50.1 Å². The lowest BCUT2D eigenvalue weighted by Crippen LogP contribution is -2.53. The van der Waals surface area contributed by atoms with E-state index in [1.807, 2.05) is 92.7 Å². The van der Waals surface area contributed by atoms with Gasteiger partial charge in [-0.15, -0.1) is 0 Å². The smallest absolute Gasteiger partial charge is 0.261 e. The van der Waals surface area contributed by atoms with Crippen LogP contribution in [0.2, 0.25) is 5.02 Å². The second-order valence-electron chi connectivity index (χ2n) is 9.56. The van der Waals surface area contributed by atoms with Crippen LogP contribution in [-0.4, -0.2) is 35.4 Å². The highest BCUT2D eigenvalue weighted by Crippen LogP contribution is 2.33. The lowest BCUT2D eigenvalue weighted by molar-refractivity contribution is -0.143. The number of nitrogens with zero attached hydrogens (tertiary/aromatic N) is 1. The van der Waals surface area contributed by atoms with Gasteiger partial charge in [0.2, 0.25) is 5.91 Å². The molecule has 0 spiro atoms. The van der Waals surface area contributed by atoms with Crippen LogP contribution in [0.25, 0.3) is 10.8 Å². The summed E-state index contributed by atoms with van der Waals surface area (Å²) in [6.45, 7) is 4.00. The van der Waals surface area contributed by atoms with E-state index in [-0.39, 0.29) is 31.0 Å². The molecule has 2 atom stereocenters. The first-order valence-electron chi connectivity index (χ1n) is 13.0. The predicted molar refractivity (Wildman–Crippen MR) is 161 cm³/mol. The Morgan fingerprint density at radius 2 is 1.62 bits per heavy atom. The van der Waals surface area contributed by atoms with Gasteiger partial charge in [-0.25, -0.2) is 0 Å². The summed E-state index contributed by atoms with van der Waals surface area (Å²) in [7, 11) is 0. The minimum absolute atomic E-state index is 0.0203. The average molecular weight is 608 g/mol. The Bertz CT molecular complexity index is 1410. The number of carbonyl (C=O) groups is 2. The molecule has 0 aliphatic rings. The van der Waals surface area contributed by atoms with Gasteiger partial charge in [-0.2, -0.15) is 0 Å². The fourth-order valence-corrected chi connectivity index (χ4v) is 5.06. The number of nitrogens with one attached hydrogen (secondary N) is 1. The van der Waals surface area contributed by atoms with Gasteiger partial charge in [-0.3, -0.25) is 9.59 Å². The fraction of sp³-hybridized carbons (Fsp3) is 0.250. The minimum atomic E-state index is -0.728. The Morgan fingerprint density at radius 3 is 2.33 bits per heavy atom.